The number of methoxy groups -OCH3 is 2. The monoisotopic (exact) mass is 365 g/mol. The van der Waals surface area contributed by atoms with E-state index in [9.17, 15) is 26.7 Å². The molecule has 4 nitrogen and oxygen atoms in total. The molecule has 3 rings (SSSR count). The Hall–Kier alpha value is -2.06. The molecule has 0 radical (unpaired) electrons. The smallest absolute Gasteiger partial charge is 0.428 e. The molecule has 25 heavy (non-hydrogen) atoms. The first-order valence-corrected chi connectivity index (χ1v) is 7.60. The highest BCUT2D eigenvalue weighted by Crippen LogP contribution is 2.59. The molecule has 2 bridgehead atoms. The molecular formula is C16H16F5NO3. The lowest BCUT2D eigenvalue weighted by molar-refractivity contribution is -0.187. The lowest BCUT2D eigenvalue weighted by Crippen LogP contribution is -2.46. The molecule has 1 aromatic rings. The second kappa shape index (κ2) is 6.03. The molecule has 5 atom stereocenters. The first-order chi connectivity index (χ1) is 11.7. The van der Waals surface area contributed by atoms with Crippen molar-refractivity contribution in [3.63, 3.8) is 0 Å². The van der Waals surface area contributed by atoms with Crippen molar-refractivity contribution in [1.29, 1.82) is 0 Å². The van der Waals surface area contributed by atoms with E-state index >= 15 is 0 Å². The second-order valence-corrected chi connectivity index (χ2v) is 6.12. The number of amides is 1. The number of rotatable bonds is 4. The number of ether oxygens (including phenoxy) is 2. The van der Waals surface area contributed by atoms with Crippen LogP contribution in [-0.2, 0) is 4.79 Å². The zero-order valence-electron chi connectivity index (χ0n) is 13.4. The third-order valence-electron chi connectivity index (χ3n) is 4.87. The number of alkyl halides is 5. The maximum atomic E-state index is 14.4. The van der Waals surface area contributed by atoms with Crippen LogP contribution in [0.5, 0.6) is 11.5 Å². The van der Waals surface area contributed by atoms with Crippen LogP contribution in [0.2, 0.25) is 0 Å². The van der Waals surface area contributed by atoms with E-state index in [-0.39, 0.29) is 6.42 Å². The number of hydrogen-bond donors (Lipinski definition) is 1. The van der Waals surface area contributed by atoms with Crippen molar-refractivity contribution in [2.75, 3.05) is 14.2 Å². The molecule has 1 aromatic carbocycles. The third kappa shape index (κ3) is 2.69. The summed E-state index contributed by atoms with van der Waals surface area (Å²) >= 11 is 0. The van der Waals surface area contributed by atoms with Gasteiger partial charge in [-0.05, 0) is 18.6 Å². The highest BCUT2D eigenvalue weighted by molar-refractivity contribution is 5.82. The van der Waals surface area contributed by atoms with Gasteiger partial charge in [0, 0.05) is 29.0 Å². The summed E-state index contributed by atoms with van der Waals surface area (Å²) in [6, 6.07) is 2.19. The van der Waals surface area contributed by atoms with Crippen LogP contribution in [0.3, 0.4) is 0 Å². The predicted octanol–water partition coefficient (Wildman–Crippen LogP) is 3.01. The molecule has 1 N–H and O–H groups in total. The van der Waals surface area contributed by atoms with Gasteiger partial charge in [0.1, 0.15) is 17.7 Å². The lowest BCUT2D eigenvalue weighted by atomic mass is 9.89. The molecule has 0 aliphatic heterocycles. The number of halogens is 5. The van der Waals surface area contributed by atoms with Crippen LogP contribution in [-0.4, -0.2) is 44.7 Å². The number of carbonyl (C=O) groups is 1. The largest absolute Gasteiger partial charge is 0.496 e. The summed E-state index contributed by atoms with van der Waals surface area (Å²) in [7, 11) is 2.80. The minimum atomic E-state index is -5.31. The van der Waals surface area contributed by atoms with E-state index in [1.54, 1.807) is 12.1 Å². The summed E-state index contributed by atoms with van der Waals surface area (Å²) in [6.45, 7) is 0. The molecule has 5 unspecified atom stereocenters. The van der Waals surface area contributed by atoms with E-state index in [1.165, 1.54) is 14.2 Å². The topological polar surface area (TPSA) is 47.6 Å². The summed E-state index contributed by atoms with van der Waals surface area (Å²) in [5.74, 6) is -2.54. The molecule has 0 saturated heterocycles. The van der Waals surface area contributed by atoms with Crippen molar-refractivity contribution >= 4 is 5.91 Å². The molecule has 9 heteroatoms. The summed E-state index contributed by atoms with van der Waals surface area (Å²) in [4.78, 5) is 11.6. The minimum Gasteiger partial charge on any atom is -0.496 e. The van der Waals surface area contributed by atoms with Gasteiger partial charge in [0.15, 0.2) is 0 Å². The molecule has 0 spiro atoms. The van der Waals surface area contributed by atoms with Gasteiger partial charge in [0.2, 0.25) is 0 Å². The predicted molar refractivity (Wildman–Crippen MR) is 77.4 cm³/mol. The van der Waals surface area contributed by atoms with Gasteiger partial charge in [-0.1, -0.05) is 0 Å². The fraction of sp³-hybridized carbons (Fsp3) is 0.562. The van der Waals surface area contributed by atoms with Crippen molar-refractivity contribution in [3.8, 4) is 11.5 Å². The average Bonchev–Trinajstić information content (AvgIpc) is 3.03. The summed E-state index contributed by atoms with van der Waals surface area (Å²) in [5.41, 5.74) is 1.05. The molecule has 138 valence electrons. The van der Waals surface area contributed by atoms with Crippen LogP contribution in [0, 0.1) is 0 Å². The van der Waals surface area contributed by atoms with E-state index in [1.807, 2.05) is 5.32 Å². The number of benzene rings is 1. The minimum absolute atomic E-state index is 0.00904. The van der Waals surface area contributed by atoms with Gasteiger partial charge in [-0.3, -0.25) is 4.79 Å². The van der Waals surface area contributed by atoms with Crippen molar-refractivity contribution < 1.29 is 36.2 Å². The van der Waals surface area contributed by atoms with E-state index < -0.39 is 42.3 Å². The van der Waals surface area contributed by atoms with Gasteiger partial charge >= 0.3 is 6.18 Å². The Kier molecular flexibility index (Phi) is 4.28. The van der Waals surface area contributed by atoms with Crippen LogP contribution in [0.4, 0.5) is 22.0 Å². The van der Waals surface area contributed by atoms with Crippen LogP contribution < -0.4 is 14.8 Å². The Morgan fingerprint density at radius 3 is 2.28 bits per heavy atom. The fourth-order valence-electron chi connectivity index (χ4n) is 3.92. The Morgan fingerprint density at radius 1 is 1.20 bits per heavy atom. The van der Waals surface area contributed by atoms with E-state index in [0.29, 0.717) is 22.6 Å². The number of nitrogens with one attached hydrogen (secondary N) is 1. The Labute approximate surface area is 140 Å². The van der Waals surface area contributed by atoms with Gasteiger partial charge < -0.3 is 14.8 Å². The molecular weight excluding hydrogens is 349 g/mol. The number of fused-ring (bicyclic) bond motifs is 5. The van der Waals surface area contributed by atoms with Gasteiger partial charge in [-0.25, -0.2) is 8.78 Å². The molecule has 2 aliphatic carbocycles. The maximum Gasteiger partial charge on any atom is 0.428 e. The SMILES string of the molecule is COc1ccc(OC)c2c1C1CC(F)C2C1NC(=O)C(F)C(F)(F)F. The van der Waals surface area contributed by atoms with Crippen LogP contribution in [0.15, 0.2) is 12.1 Å². The number of carbonyl (C=O) groups excluding carboxylic acids is 1. The van der Waals surface area contributed by atoms with Crippen molar-refractivity contribution in [2.45, 2.75) is 42.8 Å². The zero-order valence-corrected chi connectivity index (χ0v) is 13.4. The van der Waals surface area contributed by atoms with Crippen LogP contribution in [0.1, 0.15) is 29.4 Å². The lowest BCUT2D eigenvalue weighted by Gasteiger charge is -2.22. The highest BCUT2D eigenvalue weighted by Gasteiger charge is 2.56. The van der Waals surface area contributed by atoms with Gasteiger partial charge in [0.25, 0.3) is 12.1 Å². The first kappa shape index (κ1) is 17.8. The van der Waals surface area contributed by atoms with Crippen molar-refractivity contribution in [1.82, 2.24) is 5.32 Å². The molecule has 0 aromatic heterocycles. The normalized spacial score (nSPS) is 28.4. The van der Waals surface area contributed by atoms with Gasteiger partial charge in [-0.2, -0.15) is 13.2 Å². The molecule has 1 amide bonds. The fourth-order valence-corrected chi connectivity index (χ4v) is 3.92. The van der Waals surface area contributed by atoms with Crippen molar-refractivity contribution in [2.24, 2.45) is 0 Å². The van der Waals surface area contributed by atoms with Crippen LogP contribution >= 0.6 is 0 Å². The molecule has 1 saturated carbocycles. The Morgan fingerprint density at radius 2 is 1.76 bits per heavy atom. The van der Waals surface area contributed by atoms with E-state index in [0.717, 1.165) is 0 Å². The highest BCUT2D eigenvalue weighted by atomic mass is 19.4. The van der Waals surface area contributed by atoms with E-state index in [4.69, 9.17) is 9.47 Å². The summed E-state index contributed by atoms with van der Waals surface area (Å²) < 4.78 is 75.4. The quantitative estimate of drug-likeness (QED) is 0.835. The third-order valence-corrected chi connectivity index (χ3v) is 4.87. The van der Waals surface area contributed by atoms with Crippen molar-refractivity contribution in [3.05, 3.63) is 23.3 Å². The molecule has 2 aliphatic rings. The van der Waals surface area contributed by atoms with Gasteiger partial charge in [0.05, 0.1) is 14.2 Å². The standard InChI is InChI=1S/C16H16F5NO3/c1-24-8-3-4-9(25-2)12-10(8)6-5-7(17)11(12)13(6)22-15(23)14(18)16(19,20)21/h3-4,6-7,11,13-14H,5H2,1-2H3,(H,22,23). The maximum absolute atomic E-state index is 14.4. The Balaban J connectivity index is 1.96. The summed E-state index contributed by atoms with van der Waals surface area (Å²) in [6.07, 6.45) is -10.3. The number of hydrogen-bond acceptors (Lipinski definition) is 3. The molecule has 0 heterocycles. The summed E-state index contributed by atoms with van der Waals surface area (Å²) in [5, 5.41) is 2.04. The van der Waals surface area contributed by atoms with E-state index in [2.05, 4.69) is 0 Å². The zero-order chi connectivity index (χ0) is 18.5. The average molecular weight is 365 g/mol. The first-order valence-electron chi connectivity index (χ1n) is 7.60. The van der Waals surface area contributed by atoms with Gasteiger partial charge in [-0.15, -0.1) is 0 Å². The second-order valence-electron chi connectivity index (χ2n) is 6.12. The molecule has 1 fully saturated rings. The van der Waals surface area contributed by atoms with Crippen LogP contribution in [0.25, 0.3) is 0 Å². The Bertz CT molecular complexity index is 693.